The van der Waals surface area contributed by atoms with Crippen molar-refractivity contribution in [3.8, 4) is 0 Å². The second-order valence-electron chi connectivity index (χ2n) is 8.51. The van der Waals surface area contributed by atoms with E-state index in [1.165, 1.54) is 64.6 Å². The number of amides is 1. The smallest absolute Gasteiger partial charge is 0.409 e. The van der Waals surface area contributed by atoms with Gasteiger partial charge in [-0.1, -0.05) is 0 Å². The Bertz CT molecular complexity index is 450. The van der Waals surface area contributed by atoms with Gasteiger partial charge in [0.2, 0.25) is 0 Å². The number of carbonyl (C=O) groups is 1. The lowest BCUT2D eigenvalue weighted by Crippen LogP contribution is -2.55. The van der Waals surface area contributed by atoms with Gasteiger partial charge in [-0.05, 0) is 82.8 Å². The molecule has 4 fully saturated rings. The highest BCUT2D eigenvalue weighted by Gasteiger charge is 2.51. The van der Waals surface area contributed by atoms with E-state index in [1.807, 2.05) is 11.8 Å². The van der Waals surface area contributed by atoms with Gasteiger partial charge < -0.3 is 19.9 Å². The van der Waals surface area contributed by atoms with Crippen LogP contribution in [0, 0.1) is 11.3 Å². The van der Waals surface area contributed by atoms with Crippen molar-refractivity contribution in [1.82, 2.24) is 15.1 Å². The summed E-state index contributed by atoms with van der Waals surface area (Å²) < 4.78 is 5.16. The van der Waals surface area contributed by atoms with Crippen molar-refractivity contribution in [3.63, 3.8) is 0 Å². The zero-order valence-electron chi connectivity index (χ0n) is 15.1. The standard InChI is InChI=1S/C19H33N3O2/c1-2-24-18(23)22-11-7-19(14-22)12-16(13-19)21-9-5-15(6-10-21)17-4-3-8-20-17/h15-17,20H,2-14H2,1H3/t16?,17-,19?/m0/s1. The minimum atomic E-state index is -0.109. The van der Waals surface area contributed by atoms with E-state index in [2.05, 4.69) is 10.2 Å². The molecule has 1 saturated carbocycles. The highest BCUT2D eigenvalue weighted by molar-refractivity contribution is 5.68. The van der Waals surface area contributed by atoms with Crippen LogP contribution < -0.4 is 5.32 Å². The maximum absolute atomic E-state index is 11.9. The number of piperidine rings is 1. The number of rotatable bonds is 3. The molecule has 1 N–H and O–H groups in total. The van der Waals surface area contributed by atoms with Crippen LogP contribution in [-0.4, -0.2) is 67.3 Å². The fourth-order valence-electron chi connectivity index (χ4n) is 5.64. The fourth-order valence-corrected chi connectivity index (χ4v) is 5.64. The third-order valence-electron chi connectivity index (χ3n) is 7.06. The van der Waals surface area contributed by atoms with E-state index in [4.69, 9.17) is 4.74 Å². The lowest BCUT2D eigenvalue weighted by Gasteiger charge is -2.52. The second kappa shape index (κ2) is 6.83. The molecule has 0 aromatic carbocycles. The van der Waals surface area contributed by atoms with Crippen molar-refractivity contribution < 1.29 is 9.53 Å². The van der Waals surface area contributed by atoms with Crippen LogP contribution >= 0.6 is 0 Å². The van der Waals surface area contributed by atoms with E-state index in [0.29, 0.717) is 12.0 Å². The van der Waals surface area contributed by atoms with Crippen LogP contribution in [0.4, 0.5) is 4.79 Å². The molecule has 0 unspecified atom stereocenters. The molecule has 5 nitrogen and oxygen atoms in total. The minimum Gasteiger partial charge on any atom is -0.450 e. The van der Waals surface area contributed by atoms with E-state index in [1.54, 1.807) is 0 Å². The predicted octanol–water partition coefficient (Wildman–Crippen LogP) is 2.46. The first kappa shape index (κ1) is 16.6. The van der Waals surface area contributed by atoms with Crippen LogP contribution in [0.2, 0.25) is 0 Å². The van der Waals surface area contributed by atoms with Crippen molar-refractivity contribution in [3.05, 3.63) is 0 Å². The van der Waals surface area contributed by atoms with Crippen LogP contribution in [-0.2, 0) is 4.74 Å². The lowest BCUT2D eigenvalue weighted by molar-refractivity contribution is -0.0115. The largest absolute Gasteiger partial charge is 0.450 e. The summed E-state index contributed by atoms with van der Waals surface area (Å²) in [5.41, 5.74) is 0.404. The van der Waals surface area contributed by atoms with Crippen molar-refractivity contribution >= 4 is 6.09 Å². The monoisotopic (exact) mass is 335 g/mol. The summed E-state index contributed by atoms with van der Waals surface area (Å²) in [6.45, 7) is 7.97. The molecule has 0 bridgehead atoms. The van der Waals surface area contributed by atoms with Gasteiger partial charge in [0.1, 0.15) is 0 Å². The average molecular weight is 335 g/mol. The Balaban J connectivity index is 1.22. The van der Waals surface area contributed by atoms with Gasteiger partial charge in [0.15, 0.2) is 0 Å². The van der Waals surface area contributed by atoms with Gasteiger partial charge in [-0.2, -0.15) is 0 Å². The molecule has 0 aromatic heterocycles. The molecule has 1 spiro atoms. The number of ether oxygens (including phenoxy) is 1. The van der Waals surface area contributed by atoms with Crippen molar-refractivity contribution in [2.45, 2.75) is 64.0 Å². The topological polar surface area (TPSA) is 44.8 Å². The summed E-state index contributed by atoms with van der Waals surface area (Å²) in [4.78, 5) is 16.6. The predicted molar refractivity (Wildman–Crippen MR) is 94.0 cm³/mol. The zero-order chi connectivity index (χ0) is 16.6. The van der Waals surface area contributed by atoms with Crippen LogP contribution in [0.5, 0.6) is 0 Å². The SMILES string of the molecule is CCOC(=O)N1CCC2(CC(N3CCC([C@@H]4CCCN4)CC3)C2)C1. The molecule has 1 amide bonds. The number of hydrogen-bond acceptors (Lipinski definition) is 4. The van der Waals surface area contributed by atoms with Gasteiger partial charge in [-0.25, -0.2) is 4.79 Å². The molecule has 0 aromatic rings. The molecule has 3 saturated heterocycles. The third kappa shape index (κ3) is 3.17. The third-order valence-corrected chi connectivity index (χ3v) is 7.06. The van der Waals surface area contributed by atoms with Gasteiger partial charge in [0.25, 0.3) is 0 Å². The molecule has 136 valence electrons. The molecule has 4 aliphatic rings. The van der Waals surface area contributed by atoms with Crippen LogP contribution in [0.25, 0.3) is 0 Å². The summed E-state index contributed by atoms with van der Waals surface area (Å²) in [6, 6.07) is 1.57. The molecule has 3 aliphatic heterocycles. The first-order chi connectivity index (χ1) is 11.7. The van der Waals surface area contributed by atoms with E-state index >= 15 is 0 Å². The van der Waals surface area contributed by atoms with E-state index in [9.17, 15) is 4.79 Å². The van der Waals surface area contributed by atoms with Gasteiger partial charge >= 0.3 is 6.09 Å². The Hall–Kier alpha value is -0.810. The minimum absolute atomic E-state index is 0.109. The molecule has 24 heavy (non-hydrogen) atoms. The van der Waals surface area contributed by atoms with Crippen LogP contribution in [0.15, 0.2) is 0 Å². The number of hydrogen-bond donors (Lipinski definition) is 1. The Morgan fingerprint density at radius 2 is 2.00 bits per heavy atom. The average Bonchev–Trinajstić information content (AvgIpc) is 3.24. The fraction of sp³-hybridized carbons (Fsp3) is 0.947. The summed E-state index contributed by atoms with van der Waals surface area (Å²) in [7, 11) is 0. The van der Waals surface area contributed by atoms with E-state index in [0.717, 1.165) is 31.1 Å². The van der Waals surface area contributed by atoms with Crippen molar-refractivity contribution in [1.29, 1.82) is 0 Å². The van der Waals surface area contributed by atoms with Gasteiger partial charge in [-0.3, -0.25) is 0 Å². The first-order valence-electron chi connectivity index (χ1n) is 10.1. The summed E-state index contributed by atoms with van der Waals surface area (Å²) in [6.07, 6.45) is 9.14. The van der Waals surface area contributed by atoms with Gasteiger partial charge in [0, 0.05) is 25.2 Å². The highest BCUT2D eigenvalue weighted by Crippen LogP contribution is 2.50. The van der Waals surface area contributed by atoms with E-state index < -0.39 is 0 Å². The molecule has 3 heterocycles. The zero-order valence-corrected chi connectivity index (χ0v) is 15.1. The van der Waals surface area contributed by atoms with E-state index in [-0.39, 0.29) is 6.09 Å². The molecular formula is C19H33N3O2. The maximum atomic E-state index is 11.9. The Labute approximate surface area is 146 Å². The number of carbonyl (C=O) groups excluding carboxylic acids is 1. The molecule has 4 rings (SSSR count). The number of likely N-dealkylation sites (tertiary alicyclic amines) is 2. The van der Waals surface area contributed by atoms with Gasteiger partial charge in [-0.15, -0.1) is 0 Å². The number of nitrogens with zero attached hydrogens (tertiary/aromatic N) is 2. The van der Waals surface area contributed by atoms with Crippen LogP contribution in [0.3, 0.4) is 0 Å². The quantitative estimate of drug-likeness (QED) is 0.860. The molecule has 1 atom stereocenters. The normalized spacial score (nSPS) is 37.8. The second-order valence-corrected chi connectivity index (χ2v) is 8.51. The summed E-state index contributed by atoms with van der Waals surface area (Å²) in [5, 5.41) is 3.70. The Morgan fingerprint density at radius 3 is 2.67 bits per heavy atom. The number of nitrogens with one attached hydrogen (secondary N) is 1. The molecule has 0 radical (unpaired) electrons. The molecule has 5 heteroatoms. The molecule has 1 aliphatic carbocycles. The van der Waals surface area contributed by atoms with Crippen LogP contribution in [0.1, 0.15) is 51.9 Å². The first-order valence-corrected chi connectivity index (χ1v) is 10.1. The summed E-state index contributed by atoms with van der Waals surface area (Å²) >= 11 is 0. The highest BCUT2D eigenvalue weighted by atomic mass is 16.6. The summed E-state index contributed by atoms with van der Waals surface area (Å²) in [5.74, 6) is 0.906. The van der Waals surface area contributed by atoms with Crippen molar-refractivity contribution in [2.24, 2.45) is 11.3 Å². The molecular weight excluding hydrogens is 302 g/mol. The Kier molecular flexibility index (Phi) is 4.74. The van der Waals surface area contributed by atoms with Crippen molar-refractivity contribution in [2.75, 3.05) is 39.3 Å². The lowest BCUT2D eigenvalue weighted by atomic mass is 9.64. The van der Waals surface area contributed by atoms with Gasteiger partial charge in [0.05, 0.1) is 6.61 Å². The maximum Gasteiger partial charge on any atom is 0.409 e. The Morgan fingerprint density at radius 1 is 1.21 bits per heavy atom.